The molecule has 0 aliphatic carbocycles. The Morgan fingerprint density at radius 3 is 2.45 bits per heavy atom. The van der Waals surface area contributed by atoms with E-state index in [-0.39, 0.29) is 6.04 Å². The molecule has 1 aliphatic heterocycles. The smallest absolute Gasteiger partial charge is 0.164 e. The summed E-state index contributed by atoms with van der Waals surface area (Å²) in [6.07, 6.45) is 2.52. The third-order valence-electron chi connectivity index (χ3n) is 5.28. The molecular weight excluding hydrogens is 364 g/mol. The number of rotatable bonds is 4. The molecule has 0 bridgehead atoms. The first-order valence-corrected chi connectivity index (χ1v) is 9.73. The Morgan fingerprint density at radius 1 is 1.03 bits per heavy atom. The van der Waals surface area contributed by atoms with E-state index < -0.39 is 0 Å². The van der Waals surface area contributed by atoms with Crippen molar-refractivity contribution < 1.29 is 4.74 Å². The normalized spacial score (nSPS) is 16.4. The molecule has 146 valence electrons. The zero-order chi connectivity index (χ0) is 19.8. The molecule has 0 saturated carbocycles. The lowest BCUT2D eigenvalue weighted by molar-refractivity contribution is 0.482. The third-order valence-corrected chi connectivity index (χ3v) is 5.28. The van der Waals surface area contributed by atoms with E-state index in [1.807, 2.05) is 53.2 Å². The van der Waals surface area contributed by atoms with Crippen LogP contribution in [0.2, 0.25) is 0 Å². The van der Waals surface area contributed by atoms with E-state index in [0.29, 0.717) is 5.82 Å². The first-order chi connectivity index (χ1) is 14.2. The summed E-state index contributed by atoms with van der Waals surface area (Å²) in [6, 6.07) is 16.1. The van der Waals surface area contributed by atoms with Crippen molar-refractivity contribution in [2.24, 2.45) is 0 Å². The van der Waals surface area contributed by atoms with Gasteiger partial charge in [-0.3, -0.25) is 0 Å². The van der Waals surface area contributed by atoms with E-state index in [1.165, 1.54) is 11.9 Å². The van der Waals surface area contributed by atoms with Gasteiger partial charge in [0.05, 0.1) is 11.4 Å². The maximum Gasteiger partial charge on any atom is 0.164 e. The van der Waals surface area contributed by atoms with Gasteiger partial charge in [-0.25, -0.2) is 14.6 Å². The van der Waals surface area contributed by atoms with Gasteiger partial charge in [0.2, 0.25) is 0 Å². The average molecular weight is 386 g/mol. The van der Waals surface area contributed by atoms with Crippen LogP contribution in [0.3, 0.4) is 0 Å². The molecule has 2 aromatic heterocycles. The number of nitrogens with zero attached hydrogens (tertiary/aromatic N) is 4. The Balaban J connectivity index is 1.51. The topological polar surface area (TPSA) is 90.9 Å². The number of anilines is 1. The molecule has 1 saturated heterocycles. The summed E-state index contributed by atoms with van der Waals surface area (Å²) in [7, 11) is 0. The first kappa shape index (κ1) is 17.6. The van der Waals surface area contributed by atoms with Gasteiger partial charge in [-0.1, -0.05) is 17.7 Å². The molecular formula is C22H22N6O. The summed E-state index contributed by atoms with van der Waals surface area (Å²) in [6.45, 7) is 3.91. The number of hydrogen-bond acceptors (Lipinski definition) is 6. The Hall–Kier alpha value is -3.45. The highest BCUT2D eigenvalue weighted by atomic mass is 16.5. The molecule has 7 heteroatoms. The molecule has 4 aromatic rings. The molecule has 0 unspecified atom stereocenters. The summed E-state index contributed by atoms with van der Waals surface area (Å²) in [4.78, 5) is 8.66. The van der Waals surface area contributed by atoms with E-state index in [4.69, 9.17) is 15.6 Å². The predicted molar refractivity (Wildman–Crippen MR) is 113 cm³/mol. The average Bonchev–Trinajstić information content (AvgIpc) is 3.39. The van der Waals surface area contributed by atoms with Gasteiger partial charge in [-0.05, 0) is 56.3 Å². The van der Waals surface area contributed by atoms with E-state index in [1.54, 1.807) is 0 Å². The highest BCUT2D eigenvalue weighted by molar-refractivity contribution is 5.98. The van der Waals surface area contributed by atoms with Gasteiger partial charge in [0, 0.05) is 12.1 Å². The Labute approximate surface area is 168 Å². The lowest BCUT2D eigenvalue weighted by atomic mass is 10.1. The molecule has 3 N–H and O–H groups in total. The largest absolute Gasteiger partial charge is 0.457 e. The highest BCUT2D eigenvalue weighted by Crippen LogP contribution is 2.34. The molecule has 0 spiro atoms. The number of nitrogens with one attached hydrogen (secondary N) is 1. The molecule has 3 heterocycles. The van der Waals surface area contributed by atoms with Crippen molar-refractivity contribution in [3.8, 4) is 22.8 Å². The summed E-state index contributed by atoms with van der Waals surface area (Å²) >= 11 is 0. The minimum Gasteiger partial charge on any atom is -0.457 e. The van der Waals surface area contributed by atoms with Crippen molar-refractivity contribution in [3.05, 3.63) is 60.4 Å². The number of aromatic nitrogens is 4. The van der Waals surface area contributed by atoms with Crippen LogP contribution in [0, 0.1) is 6.92 Å². The summed E-state index contributed by atoms with van der Waals surface area (Å²) in [5.41, 5.74) is 9.94. The third kappa shape index (κ3) is 3.30. The van der Waals surface area contributed by atoms with Crippen LogP contribution in [0.15, 0.2) is 54.9 Å². The Morgan fingerprint density at radius 2 is 1.76 bits per heavy atom. The number of nitrogen functional groups attached to an aromatic ring is 1. The monoisotopic (exact) mass is 386 g/mol. The fraction of sp³-hybridized carbons (Fsp3) is 0.227. The second-order valence-corrected chi connectivity index (χ2v) is 7.34. The van der Waals surface area contributed by atoms with Gasteiger partial charge in [0.1, 0.15) is 29.3 Å². The van der Waals surface area contributed by atoms with Crippen LogP contribution in [0.4, 0.5) is 5.82 Å². The van der Waals surface area contributed by atoms with Gasteiger partial charge in [-0.15, -0.1) is 0 Å². The predicted octanol–water partition coefficient (Wildman–Crippen LogP) is 3.71. The molecule has 0 radical (unpaired) electrons. The minimum absolute atomic E-state index is 0.268. The first-order valence-electron chi connectivity index (χ1n) is 9.73. The maximum absolute atomic E-state index is 6.21. The van der Waals surface area contributed by atoms with Crippen LogP contribution in [0.1, 0.15) is 18.0 Å². The summed E-state index contributed by atoms with van der Waals surface area (Å²) in [5.74, 6) is 2.03. The van der Waals surface area contributed by atoms with Crippen molar-refractivity contribution in [1.82, 2.24) is 25.1 Å². The van der Waals surface area contributed by atoms with Crippen molar-refractivity contribution in [2.45, 2.75) is 19.4 Å². The molecule has 1 aliphatic rings. The number of ether oxygens (including phenoxy) is 1. The second kappa shape index (κ2) is 7.18. The summed E-state index contributed by atoms with van der Waals surface area (Å²) < 4.78 is 7.92. The molecule has 2 aromatic carbocycles. The lowest BCUT2D eigenvalue weighted by Crippen LogP contribution is -2.15. The van der Waals surface area contributed by atoms with Gasteiger partial charge in [0.25, 0.3) is 0 Å². The van der Waals surface area contributed by atoms with Crippen LogP contribution in [0.5, 0.6) is 11.5 Å². The van der Waals surface area contributed by atoms with Crippen molar-refractivity contribution in [3.63, 3.8) is 0 Å². The standard InChI is InChI=1S/C22H22N6O/c1-14-2-6-17(7-3-14)29-18-8-4-15(5-9-18)20-19-21(23)25-13-26-22(19)28(27-20)16-10-11-24-12-16/h2-9,13,16,24H,10-12H2,1H3,(H2,23,25,26)/t16-/m1/s1. The Kier molecular flexibility index (Phi) is 4.37. The van der Waals surface area contributed by atoms with Crippen LogP contribution < -0.4 is 15.8 Å². The second-order valence-electron chi connectivity index (χ2n) is 7.34. The molecule has 1 fully saturated rings. The minimum atomic E-state index is 0.268. The van der Waals surface area contributed by atoms with Crippen molar-refractivity contribution >= 4 is 16.9 Å². The number of benzene rings is 2. The molecule has 5 rings (SSSR count). The van der Waals surface area contributed by atoms with E-state index in [2.05, 4.69) is 22.2 Å². The summed E-state index contributed by atoms with van der Waals surface area (Å²) in [5, 5.41) is 9.06. The van der Waals surface area contributed by atoms with E-state index >= 15 is 0 Å². The van der Waals surface area contributed by atoms with E-state index in [0.717, 1.165) is 53.3 Å². The Bertz CT molecular complexity index is 1140. The van der Waals surface area contributed by atoms with Gasteiger partial charge >= 0.3 is 0 Å². The fourth-order valence-electron chi connectivity index (χ4n) is 3.72. The maximum atomic E-state index is 6.21. The van der Waals surface area contributed by atoms with Crippen LogP contribution in [0.25, 0.3) is 22.3 Å². The van der Waals surface area contributed by atoms with Crippen molar-refractivity contribution in [1.29, 1.82) is 0 Å². The lowest BCUT2D eigenvalue weighted by Gasteiger charge is -2.09. The molecule has 1 atom stereocenters. The quantitative estimate of drug-likeness (QED) is 0.556. The zero-order valence-corrected chi connectivity index (χ0v) is 16.2. The van der Waals surface area contributed by atoms with Crippen LogP contribution >= 0.6 is 0 Å². The van der Waals surface area contributed by atoms with Crippen molar-refractivity contribution in [2.75, 3.05) is 18.8 Å². The fourth-order valence-corrected chi connectivity index (χ4v) is 3.72. The van der Waals surface area contributed by atoms with Crippen LogP contribution in [-0.2, 0) is 0 Å². The SMILES string of the molecule is Cc1ccc(Oc2ccc(-c3nn([C@@H]4CCNC4)c4ncnc(N)c34)cc2)cc1. The van der Waals surface area contributed by atoms with Gasteiger partial charge in [0.15, 0.2) is 5.65 Å². The molecule has 29 heavy (non-hydrogen) atoms. The molecule has 0 amide bonds. The number of nitrogens with two attached hydrogens (primary N) is 1. The van der Waals surface area contributed by atoms with Gasteiger partial charge in [-0.2, -0.15) is 5.10 Å². The number of aryl methyl sites for hydroxylation is 1. The van der Waals surface area contributed by atoms with E-state index in [9.17, 15) is 0 Å². The zero-order valence-electron chi connectivity index (χ0n) is 16.2. The van der Waals surface area contributed by atoms with Gasteiger partial charge < -0.3 is 15.8 Å². The molecule has 7 nitrogen and oxygen atoms in total. The highest BCUT2D eigenvalue weighted by Gasteiger charge is 2.24. The number of fused-ring (bicyclic) bond motifs is 1. The number of hydrogen-bond donors (Lipinski definition) is 2. The van der Waals surface area contributed by atoms with Crippen LogP contribution in [-0.4, -0.2) is 32.8 Å².